The molecule has 0 atom stereocenters. The van der Waals surface area contributed by atoms with Crippen LogP contribution in [-0.4, -0.2) is 54.0 Å². The number of hydrogen-bond donors (Lipinski definition) is 2. The number of hydrogen-bond acceptors (Lipinski definition) is 5. The van der Waals surface area contributed by atoms with Gasteiger partial charge in [0.1, 0.15) is 5.69 Å². The summed E-state index contributed by atoms with van der Waals surface area (Å²) in [5.74, 6) is 0.326. The van der Waals surface area contributed by atoms with Crippen LogP contribution in [-0.2, 0) is 0 Å². The molecule has 2 N–H and O–H groups in total. The van der Waals surface area contributed by atoms with Crippen molar-refractivity contribution in [1.29, 1.82) is 0 Å². The maximum atomic E-state index is 12.0. The Balaban J connectivity index is 2.71. The molecule has 0 aliphatic heterocycles. The van der Waals surface area contributed by atoms with Gasteiger partial charge < -0.3 is 15.5 Å². The van der Waals surface area contributed by atoms with E-state index in [0.29, 0.717) is 18.2 Å². The smallest absolute Gasteiger partial charge is 0.270 e. The number of aromatic nitrogens is 2. The summed E-state index contributed by atoms with van der Waals surface area (Å²) >= 11 is 0. The molecule has 0 bridgehead atoms. The van der Waals surface area contributed by atoms with Gasteiger partial charge in [-0.1, -0.05) is 0 Å². The van der Waals surface area contributed by atoms with Crippen LogP contribution in [0, 0.1) is 6.92 Å². The van der Waals surface area contributed by atoms with Gasteiger partial charge in [0.15, 0.2) is 0 Å². The van der Waals surface area contributed by atoms with E-state index in [4.69, 9.17) is 0 Å². The van der Waals surface area contributed by atoms with E-state index < -0.39 is 0 Å². The van der Waals surface area contributed by atoms with Gasteiger partial charge in [-0.2, -0.15) is 0 Å². The Labute approximate surface area is 114 Å². The zero-order chi connectivity index (χ0) is 14.4. The quantitative estimate of drug-likeness (QED) is 0.799. The van der Waals surface area contributed by atoms with Gasteiger partial charge in [0.2, 0.25) is 5.95 Å². The second kappa shape index (κ2) is 7.04. The Bertz CT molecular complexity index is 431. The summed E-state index contributed by atoms with van der Waals surface area (Å²) in [7, 11) is 3.93. The molecule has 0 aromatic carbocycles. The standard InChI is InChI=1S/C13H23N5O/c1-9(2)15-13-16-10(3)8-11(17-13)12(19)14-6-7-18(4)5/h8-9H,6-7H2,1-5H3,(H,14,19)(H,15,16,17). The third kappa shape index (κ3) is 5.65. The van der Waals surface area contributed by atoms with Gasteiger partial charge in [-0.25, -0.2) is 9.97 Å². The van der Waals surface area contributed by atoms with Crippen LogP contribution in [0.5, 0.6) is 0 Å². The fraction of sp³-hybridized carbons (Fsp3) is 0.615. The minimum absolute atomic E-state index is 0.167. The Morgan fingerprint density at radius 3 is 2.63 bits per heavy atom. The van der Waals surface area contributed by atoms with Gasteiger partial charge in [0.05, 0.1) is 0 Å². The molecule has 1 amide bonds. The van der Waals surface area contributed by atoms with Crippen molar-refractivity contribution >= 4 is 11.9 Å². The van der Waals surface area contributed by atoms with Crippen molar-refractivity contribution in [3.05, 3.63) is 17.5 Å². The van der Waals surface area contributed by atoms with Gasteiger partial charge in [-0.3, -0.25) is 4.79 Å². The highest BCUT2D eigenvalue weighted by atomic mass is 16.1. The molecule has 1 aromatic heterocycles. The molecule has 1 rings (SSSR count). The molecule has 19 heavy (non-hydrogen) atoms. The highest BCUT2D eigenvalue weighted by molar-refractivity contribution is 5.92. The first-order chi connectivity index (χ1) is 8.88. The van der Waals surface area contributed by atoms with Gasteiger partial charge in [-0.15, -0.1) is 0 Å². The number of nitrogens with zero attached hydrogens (tertiary/aromatic N) is 3. The normalized spacial score (nSPS) is 10.9. The van der Waals surface area contributed by atoms with E-state index in [1.165, 1.54) is 0 Å². The largest absolute Gasteiger partial charge is 0.352 e. The minimum Gasteiger partial charge on any atom is -0.352 e. The predicted octanol–water partition coefficient (Wildman–Crippen LogP) is 0.897. The molecule has 6 heteroatoms. The molecule has 0 radical (unpaired) electrons. The van der Waals surface area contributed by atoms with Crippen LogP contribution in [0.1, 0.15) is 30.0 Å². The lowest BCUT2D eigenvalue weighted by Crippen LogP contribution is -2.32. The van der Waals surface area contributed by atoms with Gasteiger partial charge >= 0.3 is 0 Å². The zero-order valence-corrected chi connectivity index (χ0v) is 12.3. The number of rotatable bonds is 6. The first kappa shape index (κ1) is 15.4. The molecule has 1 heterocycles. The highest BCUT2D eigenvalue weighted by Gasteiger charge is 2.10. The van der Waals surface area contributed by atoms with E-state index >= 15 is 0 Å². The van der Waals surface area contributed by atoms with E-state index in [-0.39, 0.29) is 11.9 Å². The van der Waals surface area contributed by atoms with E-state index in [2.05, 4.69) is 20.6 Å². The predicted molar refractivity (Wildman–Crippen MR) is 76.4 cm³/mol. The molecule has 0 aliphatic carbocycles. The Morgan fingerprint density at radius 1 is 1.37 bits per heavy atom. The van der Waals surface area contributed by atoms with E-state index in [1.54, 1.807) is 6.07 Å². The van der Waals surface area contributed by atoms with E-state index in [9.17, 15) is 4.79 Å². The van der Waals surface area contributed by atoms with Crippen LogP contribution in [0.4, 0.5) is 5.95 Å². The van der Waals surface area contributed by atoms with Crippen LogP contribution < -0.4 is 10.6 Å². The van der Waals surface area contributed by atoms with E-state index in [1.807, 2.05) is 39.8 Å². The summed E-state index contributed by atoms with van der Waals surface area (Å²) in [6.45, 7) is 7.25. The maximum Gasteiger partial charge on any atom is 0.270 e. The molecular weight excluding hydrogens is 242 g/mol. The number of likely N-dealkylation sites (N-methyl/N-ethyl adjacent to an activating group) is 1. The average molecular weight is 265 g/mol. The van der Waals surface area contributed by atoms with Crippen LogP contribution >= 0.6 is 0 Å². The molecule has 0 unspecified atom stereocenters. The summed E-state index contributed by atoms with van der Waals surface area (Å²) in [5, 5.41) is 5.94. The summed E-state index contributed by atoms with van der Waals surface area (Å²) in [6, 6.07) is 1.92. The molecule has 0 aliphatic rings. The first-order valence-electron chi connectivity index (χ1n) is 6.43. The Hall–Kier alpha value is -1.69. The lowest BCUT2D eigenvalue weighted by molar-refractivity contribution is 0.0946. The van der Waals surface area contributed by atoms with E-state index in [0.717, 1.165) is 12.2 Å². The number of carbonyl (C=O) groups excluding carboxylic acids is 1. The average Bonchev–Trinajstić information content (AvgIpc) is 2.26. The summed E-state index contributed by atoms with van der Waals surface area (Å²) in [5.41, 5.74) is 1.17. The summed E-state index contributed by atoms with van der Waals surface area (Å²) in [6.07, 6.45) is 0. The van der Waals surface area contributed by atoms with Crippen LogP contribution in [0.3, 0.4) is 0 Å². The maximum absolute atomic E-state index is 12.0. The molecule has 0 saturated carbocycles. The fourth-order valence-corrected chi connectivity index (χ4v) is 1.49. The summed E-state index contributed by atoms with van der Waals surface area (Å²) < 4.78 is 0. The van der Waals surface area contributed by atoms with Crippen molar-refractivity contribution in [2.75, 3.05) is 32.5 Å². The monoisotopic (exact) mass is 265 g/mol. The van der Waals surface area contributed by atoms with Gasteiger partial charge in [0, 0.05) is 24.8 Å². The van der Waals surface area contributed by atoms with Crippen molar-refractivity contribution in [2.24, 2.45) is 0 Å². The van der Waals surface area contributed by atoms with Crippen LogP contribution in [0.25, 0.3) is 0 Å². The third-order valence-electron chi connectivity index (χ3n) is 2.35. The SMILES string of the molecule is Cc1cc(C(=O)NCCN(C)C)nc(NC(C)C)n1. The number of anilines is 1. The molecule has 106 valence electrons. The molecular formula is C13H23N5O. The Kier molecular flexibility index (Phi) is 5.69. The number of carbonyl (C=O) groups is 1. The molecule has 6 nitrogen and oxygen atoms in total. The van der Waals surface area contributed by atoms with Gasteiger partial charge in [-0.05, 0) is 40.9 Å². The number of amides is 1. The molecule has 0 saturated heterocycles. The van der Waals surface area contributed by atoms with Crippen LogP contribution in [0.15, 0.2) is 6.07 Å². The highest BCUT2D eigenvalue weighted by Crippen LogP contribution is 2.06. The second-order valence-corrected chi connectivity index (χ2v) is 5.08. The summed E-state index contributed by atoms with van der Waals surface area (Å²) in [4.78, 5) is 22.5. The second-order valence-electron chi connectivity index (χ2n) is 5.08. The van der Waals surface area contributed by atoms with Crippen LogP contribution in [0.2, 0.25) is 0 Å². The Morgan fingerprint density at radius 2 is 2.05 bits per heavy atom. The fourth-order valence-electron chi connectivity index (χ4n) is 1.49. The molecule has 0 spiro atoms. The lowest BCUT2D eigenvalue weighted by atomic mass is 10.3. The number of aryl methyl sites for hydroxylation is 1. The van der Waals surface area contributed by atoms with Crippen molar-refractivity contribution < 1.29 is 4.79 Å². The van der Waals surface area contributed by atoms with Crippen molar-refractivity contribution in [1.82, 2.24) is 20.2 Å². The molecule has 0 fully saturated rings. The zero-order valence-electron chi connectivity index (χ0n) is 12.3. The molecule has 1 aromatic rings. The topological polar surface area (TPSA) is 70.2 Å². The number of nitrogens with one attached hydrogen (secondary N) is 2. The minimum atomic E-state index is -0.167. The first-order valence-corrected chi connectivity index (χ1v) is 6.43. The van der Waals surface area contributed by atoms with Crippen molar-refractivity contribution in [3.63, 3.8) is 0 Å². The van der Waals surface area contributed by atoms with Gasteiger partial charge in [0.25, 0.3) is 5.91 Å². The van der Waals surface area contributed by atoms with Crippen molar-refractivity contribution in [2.45, 2.75) is 26.8 Å². The van der Waals surface area contributed by atoms with Crippen molar-refractivity contribution in [3.8, 4) is 0 Å². The third-order valence-corrected chi connectivity index (χ3v) is 2.35. The lowest BCUT2D eigenvalue weighted by Gasteiger charge is -2.12.